The molecule has 2 saturated heterocycles. The van der Waals surface area contributed by atoms with Crippen LogP contribution >= 0.6 is 0 Å². The fourth-order valence-electron chi connectivity index (χ4n) is 6.31. The molecular weight excluding hydrogens is 460 g/mol. The van der Waals surface area contributed by atoms with Gasteiger partial charge in [-0.05, 0) is 46.5 Å². The van der Waals surface area contributed by atoms with Gasteiger partial charge in [0.2, 0.25) is 0 Å². The number of esters is 1. The van der Waals surface area contributed by atoms with Crippen molar-refractivity contribution in [1.82, 2.24) is 0 Å². The fraction of sp³-hybridized carbons (Fsp3) is 0.929. The van der Waals surface area contributed by atoms with E-state index in [2.05, 4.69) is 6.92 Å². The van der Waals surface area contributed by atoms with Gasteiger partial charge in [-0.3, -0.25) is 9.59 Å². The number of carbonyl (C=O) groups excluding carboxylic acids is 1. The molecule has 0 radical (unpaired) electrons. The minimum Gasteiger partial charge on any atom is -0.633 e. The third-order valence-electron chi connectivity index (χ3n) is 10.6. The van der Waals surface area contributed by atoms with Crippen molar-refractivity contribution in [3.8, 4) is 0 Å². The molecule has 0 saturated carbocycles. The number of hydrogen-bond acceptors (Lipinski definition) is 5. The predicted octanol–water partition coefficient (Wildman–Crippen LogP) is 5.47. The zero-order valence-electron chi connectivity index (χ0n) is 24.0. The van der Waals surface area contributed by atoms with Crippen molar-refractivity contribution in [1.29, 1.82) is 0 Å². The molecule has 210 valence electrons. The normalized spacial score (nSPS) is 36.7. The van der Waals surface area contributed by atoms with Crippen molar-refractivity contribution in [2.75, 3.05) is 27.2 Å². The Morgan fingerprint density at radius 1 is 0.889 bits per heavy atom. The Labute approximate surface area is 218 Å². The van der Waals surface area contributed by atoms with E-state index in [9.17, 15) is 20.0 Å². The van der Waals surface area contributed by atoms with Crippen LogP contribution in [0.5, 0.6) is 0 Å². The molecular formula is C28H52N2O6. The summed E-state index contributed by atoms with van der Waals surface area (Å²) in [4.78, 5) is 24.5. The first kappa shape index (κ1) is 31.0. The number of carboxylic acids is 1. The van der Waals surface area contributed by atoms with E-state index >= 15 is 0 Å². The second-order valence-electron chi connectivity index (χ2n) is 13.1. The molecule has 0 aromatic heterocycles. The highest BCUT2D eigenvalue weighted by atomic mass is 16.6. The zero-order valence-corrected chi connectivity index (χ0v) is 24.0. The van der Waals surface area contributed by atoms with Gasteiger partial charge in [-0.25, -0.2) is 0 Å². The van der Waals surface area contributed by atoms with Crippen LogP contribution in [-0.4, -0.2) is 70.7 Å². The number of hydrogen-bond donors (Lipinski definition) is 1. The zero-order chi connectivity index (χ0) is 27.5. The smallest absolute Gasteiger partial charge is 0.309 e. The first-order valence-electron chi connectivity index (χ1n) is 14.0. The predicted molar refractivity (Wildman–Crippen MR) is 141 cm³/mol. The highest BCUT2D eigenvalue weighted by Gasteiger charge is 2.52. The Morgan fingerprint density at radius 3 is 1.97 bits per heavy atom. The minimum absolute atomic E-state index is 0.0590. The van der Waals surface area contributed by atoms with Crippen molar-refractivity contribution >= 4 is 11.9 Å². The summed E-state index contributed by atoms with van der Waals surface area (Å²) in [5.74, 6) is -1.13. The lowest BCUT2D eigenvalue weighted by molar-refractivity contribution is -0.922. The van der Waals surface area contributed by atoms with E-state index in [1.54, 1.807) is 14.1 Å². The van der Waals surface area contributed by atoms with Crippen LogP contribution in [-0.2, 0) is 14.3 Å². The number of hydroxylamine groups is 6. The number of unbranched alkanes of at least 4 members (excludes halogenated alkanes) is 4. The van der Waals surface area contributed by atoms with Crippen LogP contribution in [0.4, 0.5) is 0 Å². The highest BCUT2D eigenvalue weighted by molar-refractivity contribution is 5.73. The average Bonchev–Trinajstić information content (AvgIpc) is 2.76. The molecule has 0 amide bonds. The molecule has 8 heteroatoms. The van der Waals surface area contributed by atoms with E-state index in [0.717, 1.165) is 25.7 Å². The van der Waals surface area contributed by atoms with Gasteiger partial charge in [0.05, 0.1) is 44.2 Å². The first-order chi connectivity index (χ1) is 16.5. The van der Waals surface area contributed by atoms with E-state index in [0.29, 0.717) is 38.8 Å². The topological polar surface area (TPSA) is 110 Å². The summed E-state index contributed by atoms with van der Waals surface area (Å²) in [7, 11) is 3.44. The maximum atomic E-state index is 13.7. The van der Waals surface area contributed by atoms with Gasteiger partial charge >= 0.3 is 11.9 Å². The van der Waals surface area contributed by atoms with Crippen LogP contribution in [0, 0.1) is 34.1 Å². The summed E-state index contributed by atoms with van der Waals surface area (Å²) in [5.41, 5.74) is -1.04. The van der Waals surface area contributed by atoms with E-state index in [1.807, 2.05) is 34.6 Å². The molecule has 0 aromatic rings. The standard InChI is InChI=1S/C28H52N2O6/c1-20-22(16-18-29(7,34)27(20,3)4)23(14-12-10-9-11-13-15-25(31)32)26(33)36-24-17-19-30(8,35)28(5,6)21(24)2/h20-24H,9-19H2,1-8H3,(H,31,32). The molecule has 1 N–H and O–H groups in total. The summed E-state index contributed by atoms with van der Waals surface area (Å²) in [5, 5.41) is 35.0. The van der Waals surface area contributed by atoms with E-state index < -0.39 is 17.0 Å². The number of piperidine rings is 2. The number of quaternary nitrogens is 2. The van der Waals surface area contributed by atoms with Gasteiger partial charge in [-0.1, -0.05) is 39.5 Å². The van der Waals surface area contributed by atoms with Gasteiger partial charge < -0.3 is 29.6 Å². The molecule has 0 bridgehead atoms. The molecule has 2 fully saturated rings. The molecule has 0 aromatic carbocycles. The number of carbonyl (C=O) groups is 2. The third-order valence-corrected chi connectivity index (χ3v) is 10.6. The van der Waals surface area contributed by atoms with E-state index in [-0.39, 0.29) is 51.5 Å². The molecule has 2 aliphatic rings. The molecule has 2 heterocycles. The molecule has 7 atom stereocenters. The summed E-state index contributed by atoms with van der Waals surface area (Å²) < 4.78 is 5.57. The fourth-order valence-corrected chi connectivity index (χ4v) is 6.31. The molecule has 0 spiro atoms. The van der Waals surface area contributed by atoms with Crippen LogP contribution in [0.1, 0.15) is 99.3 Å². The number of aliphatic carboxylic acids is 1. The molecule has 2 aliphatic heterocycles. The lowest BCUT2D eigenvalue weighted by atomic mass is 9.67. The number of rotatable bonds is 11. The molecule has 36 heavy (non-hydrogen) atoms. The summed E-state index contributed by atoms with van der Waals surface area (Å²) in [6, 6.07) is 0. The number of carboxylic acid groups (broad SMARTS) is 1. The summed E-state index contributed by atoms with van der Waals surface area (Å²) in [6.07, 6.45) is 6.23. The average molecular weight is 513 g/mol. The highest BCUT2D eigenvalue weighted by Crippen LogP contribution is 2.46. The van der Waals surface area contributed by atoms with E-state index in [4.69, 9.17) is 9.84 Å². The summed E-state index contributed by atoms with van der Waals surface area (Å²) in [6.45, 7) is 13.0. The van der Waals surface area contributed by atoms with Crippen molar-refractivity contribution in [3.63, 3.8) is 0 Å². The van der Waals surface area contributed by atoms with Crippen LogP contribution in [0.25, 0.3) is 0 Å². The van der Waals surface area contributed by atoms with Gasteiger partial charge in [-0.2, -0.15) is 0 Å². The number of likely N-dealkylation sites (tertiary alicyclic amines) is 2. The van der Waals surface area contributed by atoms with Gasteiger partial charge in [0.25, 0.3) is 0 Å². The maximum absolute atomic E-state index is 13.7. The minimum atomic E-state index is -0.758. The van der Waals surface area contributed by atoms with Crippen molar-refractivity contribution in [2.45, 2.75) is 117 Å². The maximum Gasteiger partial charge on any atom is 0.309 e. The Bertz CT molecular complexity index is 763. The lowest BCUT2D eigenvalue weighted by Gasteiger charge is -2.60. The quantitative estimate of drug-likeness (QED) is 0.170. The summed E-state index contributed by atoms with van der Waals surface area (Å²) >= 11 is 0. The van der Waals surface area contributed by atoms with Crippen LogP contribution < -0.4 is 0 Å². The number of ether oxygens (including phenoxy) is 1. The van der Waals surface area contributed by atoms with Crippen molar-refractivity contribution < 1.29 is 28.7 Å². The van der Waals surface area contributed by atoms with Gasteiger partial charge in [0.15, 0.2) is 0 Å². The van der Waals surface area contributed by atoms with Crippen molar-refractivity contribution in [2.24, 2.45) is 23.7 Å². The van der Waals surface area contributed by atoms with E-state index in [1.165, 1.54) is 0 Å². The number of nitrogens with zero attached hydrogens (tertiary/aromatic N) is 2. The van der Waals surface area contributed by atoms with Gasteiger partial charge in [0, 0.05) is 31.1 Å². The van der Waals surface area contributed by atoms with Crippen LogP contribution in [0.15, 0.2) is 0 Å². The SMILES string of the molecule is CC1C(OC(=O)C(CCCCCCCC(=O)O)C2CC[N+](C)([O-])C(C)(C)C2C)CC[N+](C)([O-])C1(C)C. The van der Waals surface area contributed by atoms with Crippen LogP contribution in [0.2, 0.25) is 0 Å². The Kier molecular flexibility index (Phi) is 10.0. The molecule has 0 aliphatic carbocycles. The largest absolute Gasteiger partial charge is 0.633 e. The van der Waals surface area contributed by atoms with Crippen LogP contribution in [0.3, 0.4) is 0 Å². The van der Waals surface area contributed by atoms with Gasteiger partial charge in [-0.15, -0.1) is 0 Å². The second-order valence-corrected chi connectivity index (χ2v) is 13.1. The van der Waals surface area contributed by atoms with Gasteiger partial charge in [0.1, 0.15) is 6.10 Å². The monoisotopic (exact) mass is 512 g/mol. The Balaban J connectivity index is 2.12. The Hall–Kier alpha value is -1.22. The third kappa shape index (κ3) is 6.61. The molecule has 7 unspecified atom stereocenters. The Morgan fingerprint density at radius 2 is 1.39 bits per heavy atom. The van der Waals surface area contributed by atoms with Crippen molar-refractivity contribution in [3.05, 3.63) is 10.4 Å². The lowest BCUT2D eigenvalue weighted by Crippen LogP contribution is -2.65. The first-order valence-corrected chi connectivity index (χ1v) is 14.0. The molecule has 8 nitrogen and oxygen atoms in total. The second kappa shape index (κ2) is 11.7. The molecule has 2 rings (SSSR count).